The Balaban J connectivity index is 2.97. The molecule has 0 radical (unpaired) electrons. The van der Waals surface area contributed by atoms with Gasteiger partial charge in [-0.05, 0) is 24.2 Å². The van der Waals surface area contributed by atoms with Crippen LogP contribution in [0.3, 0.4) is 0 Å². The van der Waals surface area contributed by atoms with Crippen LogP contribution in [0.2, 0.25) is 0 Å². The molecular formula is C14H17F4NO2. The van der Waals surface area contributed by atoms with Gasteiger partial charge in [-0.15, -0.1) is 0 Å². The predicted octanol–water partition coefficient (Wildman–Crippen LogP) is 3.39. The largest absolute Gasteiger partial charge is 0.481 e. The van der Waals surface area contributed by atoms with E-state index in [0.717, 1.165) is 12.1 Å². The molecule has 0 fully saturated rings. The predicted molar refractivity (Wildman–Crippen MR) is 69.2 cm³/mol. The summed E-state index contributed by atoms with van der Waals surface area (Å²) in [6, 6.07) is 2.52. The van der Waals surface area contributed by atoms with Crippen molar-refractivity contribution in [3.05, 3.63) is 35.1 Å². The second-order valence-electron chi connectivity index (χ2n) is 4.87. The van der Waals surface area contributed by atoms with Crippen LogP contribution in [-0.2, 0) is 17.5 Å². The van der Waals surface area contributed by atoms with Gasteiger partial charge in [0.1, 0.15) is 5.82 Å². The number of carboxylic acid groups (broad SMARTS) is 1. The average Bonchev–Trinajstić information content (AvgIpc) is 2.38. The molecule has 0 aromatic heterocycles. The number of aliphatic carboxylic acids is 1. The van der Waals surface area contributed by atoms with Crippen LogP contribution in [0.1, 0.15) is 25.0 Å². The van der Waals surface area contributed by atoms with E-state index in [-0.39, 0.29) is 18.7 Å². The van der Waals surface area contributed by atoms with E-state index < -0.39 is 29.4 Å². The molecule has 3 nitrogen and oxygen atoms in total. The van der Waals surface area contributed by atoms with E-state index >= 15 is 0 Å². The van der Waals surface area contributed by atoms with Gasteiger partial charge in [-0.25, -0.2) is 4.39 Å². The molecule has 0 bridgehead atoms. The SMILES string of the molecule is CCN(Cc1ccc(F)cc1C(F)(F)F)CC(C)C(=O)O. The van der Waals surface area contributed by atoms with Crippen LogP contribution in [0, 0.1) is 11.7 Å². The molecule has 0 aliphatic rings. The van der Waals surface area contributed by atoms with Crippen molar-refractivity contribution >= 4 is 5.97 Å². The van der Waals surface area contributed by atoms with Gasteiger partial charge in [0.15, 0.2) is 0 Å². The Kier molecular flexibility index (Phi) is 5.71. The van der Waals surface area contributed by atoms with Gasteiger partial charge in [-0.2, -0.15) is 13.2 Å². The molecule has 7 heteroatoms. The molecule has 1 atom stereocenters. The Hall–Kier alpha value is -1.63. The molecule has 1 aromatic rings. The Morgan fingerprint density at radius 1 is 1.38 bits per heavy atom. The summed E-state index contributed by atoms with van der Waals surface area (Å²) >= 11 is 0. The molecule has 0 amide bonds. The van der Waals surface area contributed by atoms with Gasteiger partial charge >= 0.3 is 12.1 Å². The van der Waals surface area contributed by atoms with Crippen molar-refractivity contribution in [2.24, 2.45) is 5.92 Å². The van der Waals surface area contributed by atoms with Gasteiger partial charge in [-0.3, -0.25) is 9.69 Å². The first kappa shape index (κ1) is 17.4. The van der Waals surface area contributed by atoms with Gasteiger partial charge in [0.25, 0.3) is 0 Å². The standard InChI is InChI=1S/C14H17F4NO2/c1-3-19(7-9(2)13(20)21)8-10-4-5-11(15)6-12(10)14(16,17)18/h4-6,9H,3,7-8H2,1-2H3,(H,20,21). The van der Waals surface area contributed by atoms with Gasteiger partial charge < -0.3 is 5.11 Å². The zero-order chi connectivity index (χ0) is 16.2. The summed E-state index contributed by atoms with van der Waals surface area (Å²) < 4.78 is 51.7. The summed E-state index contributed by atoms with van der Waals surface area (Å²) in [7, 11) is 0. The maximum absolute atomic E-state index is 13.0. The van der Waals surface area contributed by atoms with Crippen molar-refractivity contribution in [3.63, 3.8) is 0 Å². The van der Waals surface area contributed by atoms with Gasteiger partial charge in [0.05, 0.1) is 11.5 Å². The summed E-state index contributed by atoms with van der Waals surface area (Å²) in [4.78, 5) is 12.4. The first-order chi connectivity index (χ1) is 9.65. The number of benzene rings is 1. The normalized spacial score (nSPS) is 13.5. The number of rotatable bonds is 6. The van der Waals surface area contributed by atoms with Crippen molar-refractivity contribution in [2.45, 2.75) is 26.6 Å². The van der Waals surface area contributed by atoms with Crippen LogP contribution in [0.25, 0.3) is 0 Å². The van der Waals surface area contributed by atoms with Crippen molar-refractivity contribution < 1.29 is 27.5 Å². The molecule has 0 saturated heterocycles. The maximum Gasteiger partial charge on any atom is 0.416 e. The maximum atomic E-state index is 13.0. The fraction of sp³-hybridized carbons (Fsp3) is 0.500. The lowest BCUT2D eigenvalue weighted by molar-refractivity contribution is -0.142. The molecule has 1 aromatic carbocycles. The first-order valence-corrected chi connectivity index (χ1v) is 6.46. The van der Waals surface area contributed by atoms with Crippen LogP contribution in [0.4, 0.5) is 17.6 Å². The van der Waals surface area contributed by atoms with Crippen molar-refractivity contribution in [1.29, 1.82) is 0 Å². The summed E-state index contributed by atoms with van der Waals surface area (Å²) in [5.74, 6) is -2.66. The number of carboxylic acids is 1. The zero-order valence-electron chi connectivity index (χ0n) is 11.7. The Bertz CT molecular complexity index is 502. The van der Waals surface area contributed by atoms with Gasteiger partial charge in [-0.1, -0.05) is 19.9 Å². The van der Waals surface area contributed by atoms with E-state index in [1.165, 1.54) is 6.92 Å². The third kappa shape index (κ3) is 5.00. The number of carbonyl (C=O) groups is 1. The molecule has 118 valence electrons. The summed E-state index contributed by atoms with van der Waals surface area (Å²) in [6.45, 7) is 3.65. The fourth-order valence-corrected chi connectivity index (χ4v) is 1.96. The first-order valence-electron chi connectivity index (χ1n) is 6.46. The topological polar surface area (TPSA) is 40.5 Å². The van der Waals surface area contributed by atoms with Crippen LogP contribution in [-0.4, -0.2) is 29.1 Å². The average molecular weight is 307 g/mol. The highest BCUT2D eigenvalue weighted by atomic mass is 19.4. The minimum Gasteiger partial charge on any atom is -0.481 e. The third-order valence-electron chi connectivity index (χ3n) is 3.17. The highest BCUT2D eigenvalue weighted by Crippen LogP contribution is 2.33. The minimum atomic E-state index is -4.64. The van der Waals surface area contributed by atoms with Crippen molar-refractivity contribution in [3.8, 4) is 0 Å². The van der Waals surface area contributed by atoms with Gasteiger partial charge in [0, 0.05) is 13.1 Å². The number of nitrogens with zero attached hydrogens (tertiary/aromatic N) is 1. The van der Waals surface area contributed by atoms with E-state index in [1.807, 2.05) is 0 Å². The molecule has 0 aliphatic heterocycles. The van der Waals surface area contributed by atoms with Crippen LogP contribution in [0.15, 0.2) is 18.2 Å². The molecule has 21 heavy (non-hydrogen) atoms. The van der Waals surface area contributed by atoms with E-state index in [1.54, 1.807) is 11.8 Å². The number of alkyl halides is 3. The van der Waals surface area contributed by atoms with Crippen molar-refractivity contribution in [2.75, 3.05) is 13.1 Å². The summed E-state index contributed by atoms with van der Waals surface area (Å²) in [5, 5.41) is 8.86. The van der Waals surface area contributed by atoms with Crippen molar-refractivity contribution in [1.82, 2.24) is 4.90 Å². The lowest BCUT2D eigenvalue weighted by Gasteiger charge is -2.24. The number of hydrogen-bond acceptors (Lipinski definition) is 2. The summed E-state index contributed by atoms with van der Waals surface area (Å²) in [5.41, 5.74) is -1.09. The molecule has 0 saturated carbocycles. The molecular weight excluding hydrogens is 290 g/mol. The highest BCUT2D eigenvalue weighted by Gasteiger charge is 2.34. The fourth-order valence-electron chi connectivity index (χ4n) is 1.96. The van der Waals surface area contributed by atoms with Gasteiger partial charge in [0.2, 0.25) is 0 Å². The van der Waals surface area contributed by atoms with Crippen LogP contribution >= 0.6 is 0 Å². The molecule has 1 N–H and O–H groups in total. The third-order valence-corrected chi connectivity index (χ3v) is 3.17. The molecule has 1 rings (SSSR count). The van der Waals surface area contributed by atoms with Crippen LogP contribution in [0.5, 0.6) is 0 Å². The Morgan fingerprint density at radius 3 is 2.48 bits per heavy atom. The second kappa shape index (κ2) is 6.89. The molecule has 0 heterocycles. The molecule has 0 spiro atoms. The summed E-state index contributed by atoms with van der Waals surface area (Å²) in [6.07, 6.45) is -4.64. The van der Waals surface area contributed by atoms with Crippen LogP contribution < -0.4 is 0 Å². The highest BCUT2D eigenvalue weighted by molar-refractivity contribution is 5.69. The van der Waals surface area contributed by atoms with E-state index in [0.29, 0.717) is 12.6 Å². The zero-order valence-corrected chi connectivity index (χ0v) is 11.7. The minimum absolute atomic E-state index is 0.0664. The smallest absolute Gasteiger partial charge is 0.416 e. The lowest BCUT2D eigenvalue weighted by atomic mass is 10.1. The monoisotopic (exact) mass is 307 g/mol. The molecule has 1 unspecified atom stereocenters. The number of halogens is 4. The number of hydrogen-bond donors (Lipinski definition) is 1. The lowest BCUT2D eigenvalue weighted by Crippen LogP contribution is -2.32. The molecule has 0 aliphatic carbocycles. The quantitative estimate of drug-likeness (QED) is 0.819. The Morgan fingerprint density at radius 2 is 2.00 bits per heavy atom. The Labute approximate surface area is 120 Å². The van der Waals surface area contributed by atoms with E-state index in [4.69, 9.17) is 5.11 Å². The van der Waals surface area contributed by atoms with E-state index in [9.17, 15) is 22.4 Å². The van der Waals surface area contributed by atoms with E-state index in [2.05, 4.69) is 0 Å². The second-order valence-corrected chi connectivity index (χ2v) is 4.87.